The number of allylic oxidation sites excluding steroid dienone is 1. The van der Waals surface area contributed by atoms with Crippen LogP contribution in [-0.2, 0) is 4.79 Å². The highest BCUT2D eigenvalue weighted by molar-refractivity contribution is 6.00. The summed E-state index contributed by atoms with van der Waals surface area (Å²) >= 11 is 0. The monoisotopic (exact) mass is 230 g/mol. The van der Waals surface area contributed by atoms with Crippen molar-refractivity contribution in [3.8, 4) is 5.75 Å². The molecule has 0 radical (unpaired) electrons. The van der Waals surface area contributed by atoms with E-state index in [1.165, 1.54) is 0 Å². The van der Waals surface area contributed by atoms with E-state index in [0.29, 0.717) is 18.8 Å². The fraction of sp³-hybridized carbons (Fsp3) is 0.400. The molecule has 0 saturated heterocycles. The van der Waals surface area contributed by atoms with Crippen molar-refractivity contribution < 1.29 is 9.53 Å². The molecule has 2 rings (SSSR count). The predicted molar refractivity (Wildman–Crippen MR) is 69.1 cm³/mol. The van der Waals surface area contributed by atoms with E-state index < -0.39 is 0 Å². The number of hydrogen-bond donors (Lipinski definition) is 0. The summed E-state index contributed by atoms with van der Waals surface area (Å²) in [4.78, 5) is 11.8. The first-order valence-corrected chi connectivity index (χ1v) is 6.27. The Balaban J connectivity index is 2.27. The second kappa shape index (κ2) is 5.67. The van der Waals surface area contributed by atoms with Crippen molar-refractivity contribution in [1.82, 2.24) is 0 Å². The van der Waals surface area contributed by atoms with Crippen LogP contribution in [0.1, 0.15) is 38.2 Å². The van der Waals surface area contributed by atoms with Crippen LogP contribution in [0.3, 0.4) is 0 Å². The normalized spacial score (nSPS) is 18.4. The number of Topliss-reactive ketones (excluding diaryl/α,β-unsaturated/α-hetero) is 1. The lowest BCUT2D eigenvalue weighted by atomic mass is 9.92. The first kappa shape index (κ1) is 11.9. The Bertz CT molecular complexity index is 432. The summed E-state index contributed by atoms with van der Waals surface area (Å²) in [5, 5.41) is 0. The number of carbonyl (C=O) groups is 1. The quantitative estimate of drug-likeness (QED) is 0.741. The third-order valence-corrected chi connectivity index (χ3v) is 3.01. The van der Waals surface area contributed by atoms with Gasteiger partial charge in [-0.3, -0.25) is 4.79 Å². The number of para-hydroxylation sites is 1. The molecule has 1 aliphatic rings. The number of carbonyl (C=O) groups excluding carboxylic acids is 1. The highest BCUT2D eigenvalue weighted by atomic mass is 16.5. The molecule has 0 N–H and O–H groups in total. The predicted octanol–water partition coefficient (Wildman–Crippen LogP) is 3.61. The third kappa shape index (κ3) is 2.96. The SMILES string of the molecule is CCOc1ccccc1C=C1CCCCC1=O. The Hall–Kier alpha value is -1.57. The van der Waals surface area contributed by atoms with Gasteiger partial charge in [-0.2, -0.15) is 0 Å². The molecule has 0 aliphatic heterocycles. The Morgan fingerprint density at radius 3 is 2.76 bits per heavy atom. The van der Waals surface area contributed by atoms with Gasteiger partial charge >= 0.3 is 0 Å². The molecule has 1 aromatic rings. The van der Waals surface area contributed by atoms with Gasteiger partial charge in [0.2, 0.25) is 0 Å². The molecule has 0 heterocycles. The Kier molecular flexibility index (Phi) is 3.97. The fourth-order valence-corrected chi connectivity index (χ4v) is 2.13. The van der Waals surface area contributed by atoms with E-state index in [-0.39, 0.29) is 0 Å². The standard InChI is InChI=1S/C15H18O2/c1-2-17-15-10-6-4-8-13(15)11-12-7-3-5-9-14(12)16/h4,6,8,10-11H,2-3,5,7,9H2,1H3. The van der Waals surface area contributed by atoms with Gasteiger partial charge in [-0.15, -0.1) is 0 Å². The van der Waals surface area contributed by atoms with Crippen molar-refractivity contribution in [3.05, 3.63) is 35.4 Å². The van der Waals surface area contributed by atoms with Crippen LogP contribution >= 0.6 is 0 Å². The number of ether oxygens (including phenoxy) is 1. The molecule has 1 saturated carbocycles. The molecule has 0 bridgehead atoms. The number of ketones is 1. The maximum atomic E-state index is 11.8. The van der Waals surface area contributed by atoms with E-state index in [9.17, 15) is 4.79 Å². The molecule has 0 aromatic heterocycles. The molecule has 0 amide bonds. The highest BCUT2D eigenvalue weighted by Crippen LogP contribution is 2.26. The minimum absolute atomic E-state index is 0.294. The maximum absolute atomic E-state index is 11.8. The van der Waals surface area contributed by atoms with Crippen molar-refractivity contribution in [2.75, 3.05) is 6.61 Å². The number of hydrogen-bond acceptors (Lipinski definition) is 2. The lowest BCUT2D eigenvalue weighted by Crippen LogP contribution is -2.08. The Morgan fingerprint density at radius 2 is 2.00 bits per heavy atom. The molecule has 0 spiro atoms. The van der Waals surface area contributed by atoms with Gasteiger partial charge in [-0.25, -0.2) is 0 Å². The molecule has 1 aliphatic carbocycles. The Labute approximate surface area is 102 Å². The zero-order valence-corrected chi connectivity index (χ0v) is 10.2. The minimum atomic E-state index is 0.294. The largest absolute Gasteiger partial charge is 0.493 e. The van der Waals surface area contributed by atoms with Crippen molar-refractivity contribution in [2.24, 2.45) is 0 Å². The van der Waals surface area contributed by atoms with Gasteiger partial charge in [0, 0.05) is 12.0 Å². The Morgan fingerprint density at radius 1 is 1.24 bits per heavy atom. The molecule has 17 heavy (non-hydrogen) atoms. The van der Waals surface area contributed by atoms with Gasteiger partial charge in [-0.1, -0.05) is 18.2 Å². The van der Waals surface area contributed by atoms with Gasteiger partial charge < -0.3 is 4.74 Å². The highest BCUT2D eigenvalue weighted by Gasteiger charge is 2.15. The van der Waals surface area contributed by atoms with Crippen LogP contribution in [0.5, 0.6) is 5.75 Å². The second-order valence-corrected chi connectivity index (χ2v) is 4.27. The van der Waals surface area contributed by atoms with E-state index >= 15 is 0 Å². The van der Waals surface area contributed by atoms with E-state index in [2.05, 4.69) is 0 Å². The average Bonchev–Trinajstić information content (AvgIpc) is 2.35. The van der Waals surface area contributed by atoms with Crippen LogP contribution in [-0.4, -0.2) is 12.4 Å². The first-order chi connectivity index (χ1) is 8.31. The van der Waals surface area contributed by atoms with E-state index in [1.807, 2.05) is 37.3 Å². The average molecular weight is 230 g/mol. The van der Waals surface area contributed by atoms with Gasteiger partial charge in [-0.05, 0) is 43.9 Å². The van der Waals surface area contributed by atoms with Crippen molar-refractivity contribution >= 4 is 11.9 Å². The van der Waals surface area contributed by atoms with E-state index in [4.69, 9.17) is 4.74 Å². The third-order valence-electron chi connectivity index (χ3n) is 3.01. The van der Waals surface area contributed by atoms with Crippen molar-refractivity contribution in [3.63, 3.8) is 0 Å². The zero-order valence-electron chi connectivity index (χ0n) is 10.2. The summed E-state index contributed by atoms with van der Waals surface area (Å²) in [6.07, 6.45) is 5.74. The van der Waals surface area contributed by atoms with Crippen molar-refractivity contribution in [2.45, 2.75) is 32.6 Å². The summed E-state index contributed by atoms with van der Waals surface area (Å²) in [5.74, 6) is 1.16. The molecule has 1 aromatic carbocycles. The molecule has 0 unspecified atom stereocenters. The molecule has 2 heteroatoms. The molecule has 90 valence electrons. The van der Waals surface area contributed by atoms with Gasteiger partial charge in [0.1, 0.15) is 5.75 Å². The van der Waals surface area contributed by atoms with Crippen molar-refractivity contribution in [1.29, 1.82) is 0 Å². The smallest absolute Gasteiger partial charge is 0.158 e. The molecule has 1 fully saturated rings. The molecule has 0 atom stereocenters. The maximum Gasteiger partial charge on any atom is 0.158 e. The minimum Gasteiger partial charge on any atom is -0.493 e. The zero-order chi connectivity index (χ0) is 12.1. The number of benzene rings is 1. The van der Waals surface area contributed by atoms with Crippen LogP contribution in [0.2, 0.25) is 0 Å². The van der Waals surface area contributed by atoms with Crippen LogP contribution in [0.25, 0.3) is 6.08 Å². The summed E-state index contributed by atoms with van der Waals surface area (Å²) in [6.45, 7) is 2.61. The summed E-state index contributed by atoms with van der Waals surface area (Å²) in [5.41, 5.74) is 1.96. The lowest BCUT2D eigenvalue weighted by Gasteiger charge is -2.13. The lowest BCUT2D eigenvalue weighted by molar-refractivity contribution is -0.116. The van der Waals surface area contributed by atoms with Gasteiger partial charge in [0.25, 0.3) is 0 Å². The van der Waals surface area contributed by atoms with Gasteiger partial charge in [0.15, 0.2) is 5.78 Å². The van der Waals surface area contributed by atoms with Gasteiger partial charge in [0.05, 0.1) is 6.61 Å². The van der Waals surface area contributed by atoms with Crippen LogP contribution in [0.4, 0.5) is 0 Å². The molecular weight excluding hydrogens is 212 g/mol. The topological polar surface area (TPSA) is 26.3 Å². The fourth-order valence-electron chi connectivity index (χ4n) is 2.13. The van der Waals surface area contributed by atoms with Crippen LogP contribution in [0.15, 0.2) is 29.8 Å². The summed E-state index contributed by atoms with van der Waals surface area (Å²) < 4.78 is 5.56. The summed E-state index contributed by atoms with van der Waals surface area (Å²) in [6, 6.07) is 7.88. The van der Waals surface area contributed by atoms with E-state index in [1.54, 1.807) is 0 Å². The van der Waals surface area contributed by atoms with E-state index in [0.717, 1.165) is 36.1 Å². The second-order valence-electron chi connectivity index (χ2n) is 4.27. The van der Waals surface area contributed by atoms with Crippen LogP contribution in [0, 0.1) is 0 Å². The summed E-state index contributed by atoms with van der Waals surface area (Å²) in [7, 11) is 0. The van der Waals surface area contributed by atoms with Crippen LogP contribution < -0.4 is 4.74 Å². The molecular formula is C15H18O2. The molecule has 2 nitrogen and oxygen atoms in total. The number of rotatable bonds is 3. The first-order valence-electron chi connectivity index (χ1n) is 6.27.